The zero-order valence-corrected chi connectivity index (χ0v) is 15.3. The summed E-state index contributed by atoms with van der Waals surface area (Å²) in [5, 5.41) is 2.54. The van der Waals surface area contributed by atoms with Crippen LogP contribution in [0.25, 0.3) is 0 Å². The highest BCUT2D eigenvalue weighted by atomic mass is 19.1. The number of hydrogen-bond acceptors (Lipinski definition) is 5. The molecule has 1 aliphatic heterocycles. The van der Waals surface area contributed by atoms with E-state index < -0.39 is 17.5 Å². The lowest BCUT2D eigenvalue weighted by Crippen LogP contribution is -2.54. The SMILES string of the molecule is CC(C)(C)OC(=O)N1CC(C(=O)CCC(=O)NCc2ncccc2F)C1. The normalized spacial score (nSPS) is 14.5. The Morgan fingerprint density at radius 2 is 2.00 bits per heavy atom. The number of nitrogens with zero attached hydrogens (tertiary/aromatic N) is 2. The summed E-state index contributed by atoms with van der Waals surface area (Å²) in [6, 6.07) is 2.74. The molecule has 142 valence electrons. The van der Waals surface area contributed by atoms with E-state index in [2.05, 4.69) is 10.3 Å². The number of hydrogen-bond donors (Lipinski definition) is 1. The zero-order valence-electron chi connectivity index (χ0n) is 15.3. The minimum atomic E-state index is -0.572. The van der Waals surface area contributed by atoms with Crippen LogP contribution in [0.15, 0.2) is 18.3 Å². The number of halogens is 1. The van der Waals surface area contributed by atoms with Crippen LogP contribution in [0.4, 0.5) is 9.18 Å². The minimum Gasteiger partial charge on any atom is -0.444 e. The van der Waals surface area contributed by atoms with E-state index in [0.29, 0.717) is 13.1 Å². The van der Waals surface area contributed by atoms with Gasteiger partial charge in [-0.15, -0.1) is 0 Å². The van der Waals surface area contributed by atoms with Gasteiger partial charge in [-0.25, -0.2) is 9.18 Å². The molecular formula is C18H24FN3O4. The van der Waals surface area contributed by atoms with Crippen molar-refractivity contribution in [2.24, 2.45) is 5.92 Å². The molecule has 0 unspecified atom stereocenters. The average molecular weight is 365 g/mol. The molecule has 0 aromatic carbocycles. The van der Waals surface area contributed by atoms with Gasteiger partial charge in [0.05, 0.1) is 18.2 Å². The van der Waals surface area contributed by atoms with Crippen LogP contribution in [0, 0.1) is 11.7 Å². The van der Waals surface area contributed by atoms with Crippen molar-refractivity contribution < 1.29 is 23.5 Å². The third kappa shape index (κ3) is 5.79. The number of amides is 2. The molecule has 1 fully saturated rings. The second-order valence-electron chi connectivity index (χ2n) is 7.26. The molecule has 1 aliphatic rings. The van der Waals surface area contributed by atoms with Gasteiger partial charge < -0.3 is 15.0 Å². The maximum Gasteiger partial charge on any atom is 0.410 e. The number of ether oxygens (including phenoxy) is 1. The topological polar surface area (TPSA) is 88.6 Å². The van der Waals surface area contributed by atoms with Crippen molar-refractivity contribution in [3.05, 3.63) is 29.8 Å². The molecule has 1 saturated heterocycles. The first kappa shape index (κ1) is 19.8. The summed E-state index contributed by atoms with van der Waals surface area (Å²) in [7, 11) is 0. The Bertz CT molecular complexity index is 681. The number of rotatable bonds is 6. The van der Waals surface area contributed by atoms with E-state index in [-0.39, 0.29) is 42.7 Å². The summed E-state index contributed by atoms with van der Waals surface area (Å²) >= 11 is 0. The molecule has 0 spiro atoms. The van der Waals surface area contributed by atoms with Crippen molar-refractivity contribution >= 4 is 17.8 Å². The molecule has 7 nitrogen and oxygen atoms in total. The fourth-order valence-corrected chi connectivity index (χ4v) is 2.42. The zero-order chi connectivity index (χ0) is 19.3. The van der Waals surface area contributed by atoms with E-state index in [0.717, 1.165) is 0 Å². The maximum absolute atomic E-state index is 13.4. The number of carbonyl (C=O) groups is 3. The van der Waals surface area contributed by atoms with E-state index >= 15 is 0 Å². The van der Waals surface area contributed by atoms with E-state index in [9.17, 15) is 18.8 Å². The van der Waals surface area contributed by atoms with E-state index in [1.807, 2.05) is 0 Å². The van der Waals surface area contributed by atoms with Crippen molar-refractivity contribution in [2.75, 3.05) is 13.1 Å². The highest BCUT2D eigenvalue weighted by Crippen LogP contribution is 2.21. The molecule has 1 N–H and O–H groups in total. The average Bonchev–Trinajstić information content (AvgIpc) is 2.49. The molecule has 0 saturated carbocycles. The Morgan fingerprint density at radius 3 is 2.62 bits per heavy atom. The highest BCUT2D eigenvalue weighted by Gasteiger charge is 2.37. The number of ketones is 1. The van der Waals surface area contributed by atoms with Crippen LogP contribution >= 0.6 is 0 Å². The molecule has 0 atom stereocenters. The first-order chi connectivity index (χ1) is 12.2. The van der Waals surface area contributed by atoms with Crippen LogP contribution in [-0.2, 0) is 20.9 Å². The van der Waals surface area contributed by atoms with E-state index in [4.69, 9.17) is 4.74 Å². The number of aromatic nitrogens is 1. The van der Waals surface area contributed by atoms with Gasteiger partial charge in [0.25, 0.3) is 0 Å². The lowest BCUT2D eigenvalue weighted by Gasteiger charge is -2.38. The first-order valence-corrected chi connectivity index (χ1v) is 8.52. The predicted molar refractivity (Wildman–Crippen MR) is 91.6 cm³/mol. The third-order valence-electron chi connectivity index (χ3n) is 3.87. The Morgan fingerprint density at radius 1 is 1.31 bits per heavy atom. The lowest BCUT2D eigenvalue weighted by molar-refractivity contribution is -0.130. The van der Waals surface area contributed by atoms with E-state index in [1.165, 1.54) is 23.2 Å². The van der Waals surface area contributed by atoms with Crippen LogP contribution in [0.3, 0.4) is 0 Å². The molecule has 8 heteroatoms. The Kier molecular flexibility index (Phi) is 6.28. The van der Waals surface area contributed by atoms with Crippen molar-refractivity contribution in [1.29, 1.82) is 0 Å². The van der Waals surface area contributed by atoms with Crippen LogP contribution in [0.1, 0.15) is 39.3 Å². The quantitative estimate of drug-likeness (QED) is 0.833. The second-order valence-corrected chi connectivity index (χ2v) is 7.26. The lowest BCUT2D eigenvalue weighted by atomic mass is 9.93. The van der Waals surface area contributed by atoms with Gasteiger partial charge in [-0.05, 0) is 32.9 Å². The Labute approximate surface area is 151 Å². The fourth-order valence-electron chi connectivity index (χ4n) is 2.42. The fraction of sp³-hybridized carbons (Fsp3) is 0.556. The monoisotopic (exact) mass is 365 g/mol. The van der Waals surface area contributed by atoms with Gasteiger partial charge in [-0.3, -0.25) is 14.6 Å². The van der Waals surface area contributed by atoms with Gasteiger partial charge in [-0.2, -0.15) is 0 Å². The van der Waals surface area contributed by atoms with Crippen LogP contribution in [0.5, 0.6) is 0 Å². The van der Waals surface area contributed by atoms with Crippen molar-refractivity contribution in [3.8, 4) is 0 Å². The van der Waals surface area contributed by atoms with Crippen molar-refractivity contribution in [1.82, 2.24) is 15.2 Å². The molecule has 2 rings (SSSR count). The highest BCUT2D eigenvalue weighted by molar-refractivity contribution is 5.88. The molecule has 2 heterocycles. The van der Waals surface area contributed by atoms with Crippen molar-refractivity contribution in [3.63, 3.8) is 0 Å². The van der Waals surface area contributed by atoms with Gasteiger partial charge >= 0.3 is 6.09 Å². The van der Waals surface area contributed by atoms with Crippen molar-refractivity contribution in [2.45, 2.75) is 45.8 Å². The molecule has 2 amide bonds. The van der Waals surface area contributed by atoms with Gasteiger partial charge in [-0.1, -0.05) is 0 Å². The van der Waals surface area contributed by atoms with Crippen LogP contribution in [-0.4, -0.2) is 46.4 Å². The number of pyridine rings is 1. The number of carbonyl (C=O) groups excluding carboxylic acids is 3. The summed E-state index contributed by atoms with van der Waals surface area (Å²) in [4.78, 5) is 41.0. The summed E-state index contributed by atoms with van der Waals surface area (Å²) in [6.45, 7) is 5.95. The molecule has 1 aromatic rings. The maximum atomic E-state index is 13.4. The summed E-state index contributed by atoms with van der Waals surface area (Å²) in [6.07, 6.45) is 1.12. The molecule has 26 heavy (non-hydrogen) atoms. The van der Waals surface area contributed by atoms with Gasteiger partial charge in [0.15, 0.2) is 0 Å². The molecule has 0 bridgehead atoms. The van der Waals surface area contributed by atoms with Crippen LogP contribution < -0.4 is 5.32 Å². The number of Topliss-reactive ketones (excluding diaryl/α,β-unsaturated/α-hetero) is 1. The van der Waals surface area contributed by atoms with Crippen LogP contribution in [0.2, 0.25) is 0 Å². The smallest absolute Gasteiger partial charge is 0.410 e. The predicted octanol–water partition coefficient (Wildman–Crippen LogP) is 2.05. The Balaban J connectivity index is 1.66. The largest absolute Gasteiger partial charge is 0.444 e. The molecule has 1 aromatic heterocycles. The summed E-state index contributed by atoms with van der Waals surface area (Å²) in [5.74, 6) is -1.15. The van der Waals surface area contributed by atoms with Gasteiger partial charge in [0, 0.05) is 32.1 Å². The number of nitrogens with one attached hydrogen (secondary N) is 1. The van der Waals surface area contributed by atoms with E-state index in [1.54, 1.807) is 20.8 Å². The molecular weight excluding hydrogens is 341 g/mol. The summed E-state index contributed by atoms with van der Waals surface area (Å²) in [5.41, 5.74) is -0.420. The second kappa shape index (κ2) is 8.25. The van der Waals surface area contributed by atoms with Gasteiger partial charge in [0.2, 0.25) is 5.91 Å². The summed E-state index contributed by atoms with van der Waals surface area (Å²) < 4.78 is 18.6. The molecule has 0 aliphatic carbocycles. The van der Waals surface area contributed by atoms with Gasteiger partial charge in [0.1, 0.15) is 17.2 Å². The Hall–Kier alpha value is -2.51. The first-order valence-electron chi connectivity index (χ1n) is 8.52. The molecule has 0 radical (unpaired) electrons. The standard InChI is InChI=1S/C18H24FN3O4/c1-18(2,3)26-17(25)22-10-12(11-22)15(23)6-7-16(24)21-9-14-13(19)5-4-8-20-14/h4-5,8,12H,6-7,9-11H2,1-3H3,(H,21,24). The minimum absolute atomic E-state index is 0.0183. The number of likely N-dealkylation sites (tertiary alicyclic amines) is 1. The third-order valence-corrected chi connectivity index (χ3v) is 3.87.